The molecule has 0 atom stereocenters. The lowest BCUT2D eigenvalue weighted by Crippen LogP contribution is -1.99. The third-order valence-corrected chi connectivity index (χ3v) is 1.56. The van der Waals surface area contributed by atoms with Crippen molar-refractivity contribution in [3.05, 3.63) is 29.5 Å². The van der Waals surface area contributed by atoms with E-state index in [0.717, 1.165) is 0 Å². The van der Waals surface area contributed by atoms with Crippen LogP contribution in [0, 0.1) is 0 Å². The van der Waals surface area contributed by atoms with Crippen molar-refractivity contribution in [1.29, 1.82) is 0 Å². The summed E-state index contributed by atoms with van der Waals surface area (Å²) >= 11 is 5.46. The zero-order valence-electron chi connectivity index (χ0n) is 7.70. The van der Waals surface area contributed by atoms with E-state index in [4.69, 9.17) is 16.0 Å². The Kier molecular flexibility index (Phi) is 4.19. The highest BCUT2D eigenvalue weighted by Gasteiger charge is 1.98. The minimum atomic E-state index is -0.359. The first-order valence-corrected chi connectivity index (χ1v) is 4.53. The second kappa shape index (κ2) is 5.44. The molecule has 1 rings (SSSR count). The van der Waals surface area contributed by atoms with Crippen molar-refractivity contribution in [2.75, 3.05) is 6.61 Å². The van der Waals surface area contributed by atoms with Gasteiger partial charge in [0.1, 0.15) is 6.26 Å². The standard InChI is InChI=1S/C9H10ClNO3/c1-2-13-8(12)5-3-4-7-6-14-9(10)11-7/h3,5-6H,2,4H2,1H3/b5-3-. The fourth-order valence-electron chi connectivity index (χ4n) is 0.842. The molecular weight excluding hydrogens is 206 g/mol. The Morgan fingerprint density at radius 3 is 3.14 bits per heavy atom. The fourth-order valence-corrected chi connectivity index (χ4v) is 0.995. The van der Waals surface area contributed by atoms with Gasteiger partial charge in [-0.2, -0.15) is 0 Å². The molecule has 0 aromatic carbocycles. The van der Waals surface area contributed by atoms with Crippen LogP contribution in [0.1, 0.15) is 12.6 Å². The Morgan fingerprint density at radius 2 is 2.57 bits per heavy atom. The van der Waals surface area contributed by atoms with Crippen LogP contribution in [0.15, 0.2) is 22.8 Å². The summed E-state index contributed by atoms with van der Waals surface area (Å²) in [5.41, 5.74) is 0.676. The molecule has 0 saturated heterocycles. The number of nitrogens with zero attached hydrogens (tertiary/aromatic N) is 1. The van der Waals surface area contributed by atoms with Gasteiger partial charge in [0, 0.05) is 12.5 Å². The summed E-state index contributed by atoms with van der Waals surface area (Å²) in [5.74, 6) is -0.359. The van der Waals surface area contributed by atoms with Gasteiger partial charge in [-0.1, -0.05) is 6.08 Å². The first kappa shape index (κ1) is 10.8. The van der Waals surface area contributed by atoms with Crippen molar-refractivity contribution in [1.82, 2.24) is 4.98 Å². The normalized spacial score (nSPS) is 10.7. The van der Waals surface area contributed by atoms with Crippen molar-refractivity contribution in [3.63, 3.8) is 0 Å². The highest BCUT2D eigenvalue weighted by atomic mass is 35.5. The molecular formula is C9H10ClNO3. The third-order valence-electron chi connectivity index (χ3n) is 1.39. The lowest BCUT2D eigenvalue weighted by atomic mass is 10.3. The summed E-state index contributed by atoms with van der Waals surface area (Å²) in [6.07, 6.45) is 4.94. The number of rotatable bonds is 4. The van der Waals surface area contributed by atoms with Gasteiger partial charge < -0.3 is 9.15 Å². The van der Waals surface area contributed by atoms with E-state index in [9.17, 15) is 4.79 Å². The van der Waals surface area contributed by atoms with E-state index in [-0.39, 0.29) is 11.3 Å². The van der Waals surface area contributed by atoms with Crippen molar-refractivity contribution in [3.8, 4) is 0 Å². The van der Waals surface area contributed by atoms with Crippen LogP contribution < -0.4 is 0 Å². The molecule has 4 nitrogen and oxygen atoms in total. The van der Waals surface area contributed by atoms with Crippen LogP contribution in [0.25, 0.3) is 0 Å². The van der Waals surface area contributed by atoms with Gasteiger partial charge in [0.2, 0.25) is 0 Å². The molecule has 0 amide bonds. The number of carbonyl (C=O) groups excluding carboxylic acids is 1. The number of hydrogen-bond acceptors (Lipinski definition) is 4. The van der Waals surface area contributed by atoms with Gasteiger partial charge in [0.05, 0.1) is 12.3 Å². The van der Waals surface area contributed by atoms with Crippen molar-refractivity contribution >= 4 is 17.6 Å². The van der Waals surface area contributed by atoms with Gasteiger partial charge in [-0.15, -0.1) is 0 Å². The van der Waals surface area contributed by atoms with Gasteiger partial charge in [0.25, 0.3) is 5.35 Å². The van der Waals surface area contributed by atoms with E-state index in [1.807, 2.05) is 0 Å². The predicted molar refractivity (Wildman–Crippen MR) is 51.0 cm³/mol. The summed E-state index contributed by atoms with van der Waals surface area (Å²) in [4.78, 5) is 14.7. The van der Waals surface area contributed by atoms with E-state index in [1.165, 1.54) is 12.3 Å². The second-order valence-electron chi connectivity index (χ2n) is 2.45. The maximum Gasteiger partial charge on any atom is 0.330 e. The highest BCUT2D eigenvalue weighted by molar-refractivity contribution is 6.27. The average Bonchev–Trinajstić information content (AvgIpc) is 2.52. The monoisotopic (exact) mass is 215 g/mol. The average molecular weight is 216 g/mol. The largest absolute Gasteiger partial charge is 0.463 e. The van der Waals surface area contributed by atoms with Crippen LogP contribution in [-0.2, 0) is 16.0 Å². The highest BCUT2D eigenvalue weighted by Crippen LogP contribution is 2.07. The summed E-state index contributed by atoms with van der Waals surface area (Å²) in [6.45, 7) is 2.13. The second-order valence-corrected chi connectivity index (χ2v) is 2.77. The van der Waals surface area contributed by atoms with Crippen LogP contribution in [0.2, 0.25) is 5.35 Å². The molecule has 0 fully saturated rings. The first-order chi connectivity index (χ1) is 6.72. The molecule has 0 bridgehead atoms. The molecule has 5 heteroatoms. The molecule has 1 aromatic rings. The number of carbonyl (C=O) groups is 1. The number of ether oxygens (including phenoxy) is 1. The van der Waals surface area contributed by atoms with Crippen LogP contribution >= 0.6 is 11.6 Å². The molecule has 0 spiro atoms. The molecule has 1 heterocycles. The number of esters is 1. The molecule has 0 aliphatic rings. The van der Waals surface area contributed by atoms with E-state index in [0.29, 0.717) is 18.7 Å². The SMILES string of the molecule is CCOC(=O)/C=C\Cc1coc(Cl)n1. The Morgan fingerprint density at radius 1 is 1.79 bits per heavy atom. The molecule has 1 aromatic heterocycles. The number of allylic oxidation sites excluding steroid dienone is 1. The molecule has 0 aliphatic carbocycles. The Bertz CT molecular complexity index is 333. The topological polar surface area (TPSA) is 52.3 Å². The minimum absolute atomic E-state index is 0.101. The van der Waals surface area contributed by atoms with E-state index >= 15 is 0 Å². The third kappa shape index (κ3) is 3.62. The summed E-state index contributed by atoms with van der Waals surface area (Å²) < 4.78 is 9.46. The van der Waals surface area contributed by atoms with Crippen LogP contribution in [0.4, 0.5) is 0 Å². The zero-order chi connectivity index (χ0) is 10.4. The zero-order valence-corrected chi connectivity index (χ0v) is 8.45. The van der Waals surface area contributed by atoms with Crippen molar-refractivity contribution in [2.45, 2.75) is 13.3 Å². The van der Waals surface area contributed by atoms with E-state index in [1.54, 1.807) is 13.0 Å². The van der Waals surface area contributed by atoms with Crippen molar-refractivity contribution in [2.24, 2.45) is 0 Å². The molecule has 14 heavy (non-hydrogen) atoms. The van der Waals surface area contributed by atoms with Gasteiger partial charge >= 0.3 is 5.97 Å². The summed E-state index contributed by atoms with van der Waals surface area (Å²) in [7, 11) is 0. The molecule has 0 radical (unpaired) electrons. The van der Waals surface area contributed by atoms with Crippen LogP contribution in [0.3, 0.4) is 0 Å². The van der Waals surface area contributed by atoms with Gasteiger partial charge in [-0.25, -0.2) is 9.78 Å². The summed E-state index contributed by atoms with van der Waals surface area (Å²) in [6, 6.07) is 0. The lowest BCUT2D eigenvalue weighted by molar-refractivity contribution is -0.137. The lowest BCUT2D eigenvalue weighted by Gasteiger charge is -1.93. The van der Waals surface area contributed by atoms with Gasteiger partial charge in [-0.05, 0) is 18.5 Å². The number of halogens is 1. The minimum Gasteiger partial charge on any atom is -0.463 e. The number of hydrogen-bond donors (Lipinski definition) is 0. The van der Waals surface area contributed by atoms with Gasteiger partial charge in [-0.3, -0.25) is 0 Å². The summed E-state index contributed by atoms with van der Waals surface area (Å²) in [5, 5.41) is 0.101. The maximum atomic E-state index is 10.9. The van der Waals surface area contributed by atoms with E-state index in [2.05, 4.69) is 9.72 Å². The number of oxazole rings is 1. The quantitative estimate of drug-likeness (QED) is 0.569. The van der Waals surface area contributed by atoms with E-state index < -0.39 is 0 Å². The Hall–Kier alpha value is -1.29. The van der Waals surface area contributed by atoms with Crippen LogP contribution in [-0.4, -0.2) is 17.6 Å². The predicted octanol–water partition coefficient (Wildman–Crippen LogP) is 1.99. The first-order valence-electron chi connectivity index (χ1n) is 4.15. The molecule has 0 N–H and O–H groups in total. The Balaban J connectivity index is 2.36. The van der Waals surface area contributed by atoms with Crippen molar-refractivity contribution < 1.29 is 13.9 Å². The van der Waals surface area contributed by atoms with Crippen LogP contribution in [0.5, 0.6) is 0 Å². The smallest absolute Gasteiger partial charge is 0.330 e. The molecule has 0 saturated carbocycles. The molecule has 0 unspecified atom stereocenters. The maximum absolute atomic E-state index is 10.9. The fraction of sp³-hybridized carbons (Fsp3) is 0.333. The molecule has 76 valence electrons. The van der Waals surface area contributed by atoms with Gasteiger partial charge in [0.15, 0.2) is 0 Å². The Labute approximate surface area is 86.5 Å². The number of aromatic nitrogens is 1. The molecule has 0 aliphatic heterocycles.